The van der Waals surface area contributed by atoms with E-state index in [4.69, 9.17) is 0 Å². The molecule has 0 saturated heterocycles. The van der Waals surface area contributed by atoms with Crippen LogP contribution in [0.5, 0.6) is 0 Å². The van der Waals surface area contributed by atoms with Gasteiger partial charge in [-0.3, -0.25) is 0 Å². The Morgan fingerprint density at radius 1 is 0.955 bits per heavy atom. The van der Waals surface area contributed by atoms with Crippen molar-refractivity contribution in [1.29, 1.82) is 0 Å². The summed E-state index contributed by atoms with van der Waals surface area (Å²) in [7, 11) is 0. The minimum Gasteiger partial charge on any atom is -0.549 e. The molecule has 0 heterocycles. The SMILES string of the molecule is O=C([O-])C(Br)C(Br)c1ccc2c(ccc3cc(F)ccc32)c1. The van der Waals surface area contributed by atoms with E-state index in [0.29, 0.717) is 0 Å². The number of carboxylic acid groups (broad SMARTS) is 1. The number of aliphatic carboxylic acids is 1. The molecule has 0 bridgehead atoms. The van der Waals surface area contributed by atoms with Crippen molar-refractivity contribution in [2.75, 3.05) is 0 Å². The minimum absolute atomic E-state index is 0.264. The quantitative estimate of drug-likeness (QED) is 0.469. The predicted molar refractivity (Wildman–Crippen MR) is 90.8 cm³/mol. The molecule has 0 N–H and O–H groups in total. The van der Waals surface area contributed by atoms with Crippen LogP contribution >= 0.6 is 31.9 Å². The van der Waals surface area contributed by atoms with Crippen molar-refractivity contribution in [2.24, 2.45) is 0 Å². The highest BCUT2D eigenvalue weighted by atomic mass is 79.9. The Bertz CT molecular complexity index is 879. The van der Waals surface area contributed by atoms with Gasteiger partial charge >= 0.3 is 0 Å². The highest BCUT2D eigenvalue weighted by Gasteiger charge is 2.19. The first-order valence-corrected chi connectivity index (χ1v) is 8.41. The summed E-state index contributed by atoms with van der Waals surface area (Å²) in [4.78, 5) is 9.74. The van der Waals surface area contributed by atoms with Gasteiger partial charge in [-0.25, -0.2) is 4.39 Å². The van der Waals surface area contributed by atoms with Crippen molar-refractivity contribution < 1.29 is 14.3 Å². The van der Waals surface area contributed by atoms with Crippen LogP contribution in [0.2, 0.25) is 0 Å². The second-order valence-electron chi connectivity index (χ2n) is 5.03. The molecule has 3 aromatic carbocycles. The summed E-state index contributed by atoms with van der Waals surface area (Å²) in [5, 5.41) is 14.7. The fourth-order valence-corrected chi connectivity index (χ4v) is 3.33. The largest absolute Gasteiger partial charge is 0.549 e. The zero-order chi connectivity index (χ0) is 15.9. The molecule has 112 valence electrons. The monoisotopic (exact) mass is 423 g/mol. The van der Waals surface area contributed by atoms with Crippen LogP contribution in [0.25, 0.3) is 21.5 Å². The lowest BCUT2D eigenvalue weighted by molar-refractivity contribution is -0.304. The molecule has 0 aliphatic carbocycles. The first-order valence-electron chi connectivity index (χ1n) is 6.58. The molecule has 22 heavy (non-hydrogen) atoms. The van der Waals surface area contributed by atoms with E-state index in [9.17, 15) is 14.3 Å². The number of hydrogen-bond acceptors (Lipinski definition) is 2. The average Bonchev–Trinajstić information content (AvgIpc) is 2.52. The van der Waals surface area contributed by atoms with Crippen molar-refractivity contribution >= 4 is 59.4 Å². The van der Waals surface area contributed by atoms with Crippen molar-refractivity contribution in [3.63, 3.8) is 0 Å². The molecule has 0 aliphatic heterocycles. The Hall–Kier alpha value is -1.46. The molecule has 2 nitrogen and oxygen atoms in total. The molecule has 0 radical (unpaired) electrons. The molecular formula is C17H10Br2FO2-. The van der Waals surface area contributed by atoms with Crippen molar-refractivity contribution in [2.45, 2.75) is 9.65 Å². The summed E-state index contributed by atoms with van der Waals surface area (Å²) in [6.45, 7) is 0. The normalized spacial score (nSPS) is 14.1. The molecule has 0 amide bonds. The number of carbonyl (C=O) groups is 1. The number of fused-ring (bicyclic) bond motifs is 3. The smallest absolute Gasteiger partial charge is 0.123 e. The van der Waals surface area contributed by atoms with Crippen molar-refractivity contribution in [3.05, 3.63) is 59.9 Å². The van der Waals surface area contributed by atoms with Gasteiger partial charge in [-0.1, -0.05) is 62.2 Å². The van der Waals surface area contributed by atoms with Crippen LogP contribution in [0, 0.1) is 5.82 Å². The lowest BCUT2D eigenvalue weighted by Gasteiger charge is -2.18. The maximum atomic E-state index is 13.3. The molecule has 0 spiro atoms. The fourth-order valence-electron chi connectivity index (χ4n) is 2.52. The third-order valence-electron chi connectivity index (χ3n) is 3.62. The van der Waals surface area contributed by atoms with Crippen LogP contribution in [-0.4, -0.2) is 10.8 Å². The van der Waals surface area contributed by atoms with Crippen molar-refractivity contribution in [1.82, 2.24) is 0 Å². The van der Waals surface area contributed by atoms with Crippen LogP contribution in [0.1, 0.15) is 10.4 Å². The lowest BCUT2D eigenvalue weighted by atomic mass is 9.98. The van der Waals surface area contributed by atoms with Crippen LogP contribution in [0.3, 0.4) is 0 Å². The molecule has 0 aliphatic rings. The van der Waals surface area contributed by atoms with Gasteiger partial charge < -0.3 is 9.90 Å². The molecule has 2 atom stereocenters. The fraction of sp³-hybridized carbons (Fsp3) is 0.118. The summed E-state index contributed by atoms with van der Waals surface area (Å²) >= 11 is 6.49. The molecule has 0 fully saturated rings. The summed E-state index contributed by atoms with van der Waals surface area (Å²) in [6, 6.07) is 14.2. The number of halogens is 3. The van der Waals surface area contributed by atoms with Gasteiger partial charge in [0.2, 0.25) is 0 Å². The van der Waals surface area contributed by atoms with Crippen LogP contribution < -0.4 is 5.11 Å². The van der Waals surface area contributed by atoms with Crippen LogP contribution in [0.15, 0.2) is 48.5 Å². The molecule has 0 saturated carbocycles. The Morgan fingerprint density at radius 2 is 1.55 bits per heavy atom. The maximum absolute atomic E-state index is 13.3. The molecule has 5 heteroatoms. The van der Waals surface area contributed by atoms with Crippen LogP contribution in [-0.2, 0) is 4.79 Å². The first kappa shape index (κ1) is 15.4. The van der Waals surface area contributed by atoms with Gasteiger partial charge in [0, 0.05) is 0 Å². The number of hydrogen-bond donors (Lipinski definition) is 0. The summed E-state index contributed by atoms with van der Waals surface area (Å²) in [5.41, 5.74) is 0.833. The Balaban J connectivity index is 2.13. The molecule has 3 aromatic rings. The maximum Gasteiger partial charge on any atom is 0.123 e. The summed E-state index contributed by atoms with van der Waals surface area (Å²) in [6.07, 6.45) is 0. The first-order chi connectivity index (χ1) is 10.5. The molecular weight excluding hydrogens is 415 g/mol. The highest BCUT2D eigenvalue weighted by Crippen LogP contribution is 2.34. The van der Waals surface area contributed by atoms with Crippen LogP contribution in [0.4, 0.5) is 4.39 Å². The van der Waals surface area contributed by atoms with Crippen molar-refractivity contribution in [3.8, 4) is 0 Å². The molecule has 2 unspecified atom stereocenters. The number of alkyl halides is 2. The van der Waals surface area contributed by atoms with Gasteiger partial charge in [-0.05, 0) is 45.3 Å². The zero-order valence-corrected chi connectivity index (χ0v) is 14.4. The number of carbonyl (C=O) groups excluding carboxylic acids is 1. The van der Waals surface area contributed by atoms with E-state index >= 15 is 0 Å². The Kier molecular flexibility index (Phi) is 4.19. The second kappa shape index (κ2) is 5.97. The van der Waals surface area contributed by atoms with Gasteiger partial charge in [-0.2, -0.15) is 0 Å². The van der Waals surface area contributed by atoms with E-state index in [-0.39, 0.29) is 5.82 Å². The number of carboxylic acids is 1. The predicted octanol–water partition coefficient (Wildman–Crippen LogP) is 4.08. The number of rotatable bonds is 3. The highest BCUT2D eigenvalue weighted by molar-refractivity contribution is 9.12. The average molecular weight is 425 g/mol. The topological polar surface area (TPSA) is 40.1 Å². The van der Waals surface area contributed by atoms with Gasteiger partial charge in [0.25, 0.3) is 0 Å². The Labute approximate surface area is 143 Å². The van der Waals surface area contributed by atoms with E-state index in [1.807, 2.05) is 30.3 Å². The molecule has 0 aromatic heterocycles. The second-order valence-corrected chi connectivity index (χ2v) is 7.01. The lowest BCUT2D eigenvalue weighted by Crippen LogP contribution is -2.34. The zero-order valence-electron chi connectivity index (χ0n) is 11.2. The van der Waals surface area contributed by atoms with E-state index < -0.39 is 15.6 Å². The van der Waals surface area contributed by atoms with E-state index in [1.165, 1.54) is 12.1 Å². The van der Waals surface area contributed by atoms with E-state index in [0.717, 1.165) is 27.1 Å². The van der Waals surface area contributed by atoms with Gasteiger partial charge in [0.05, 0.1) is 15.6 Å². The van der Waals surface area contributed by atoms with E-state index in [1.54, 1.807) is 6.07 Å². The Morgan fingerprint density at radius 3 is 2.18 bits per heavy atom. The standard InChI is InChI=1S/C17H11Br2FO2/c18-15(16(19)17(21)22)11-3-5-13-9(7-11)1-2-10-8-12(20)4-6-14(10)13/h1-8,15-16H,(H,21,22)/p-1. The third kappa shape index (κ3) is 2.75. The minimum atomic E-state index is -1.17. The van der Waals surface area contributed by atoms with E-state index in [2.05, 4.69) is 31.9 Å². The van der Waals surface area contributed by atoms with Gasteiger partial charge in [0.15, 0.2) is 0 Å². The van der Waals surface area contributed by atoms with Gasteiger partial charge in [0.1, 0.15) is 5.82 Å². The van der Waals surface area contributed by atoms with Gasteiger partial charge in [-0.15, -0.1) is 0 Å². The summed E-state index contributed by atoms with van der Waals surface area (Å²) in [5.74, 6) is -1.43. The number of benzene rings is 3. The third-order valence-corrected chi connectivity index (χ3v) is 6.29. The molecule has 3 rings (SSSR count). The summed E-state index contributed by atoms with van der Waals surface area (Å²) < 4.78 is 13.3.